The van der Waals surface area contributed by atoms with Gasteiger partial charge in [-0.25, -0.2) is 9.37 Å². The molecule has 21 heavy (non-hydrogen) atoms. The van der Waals surface area contributed by atoms with Gasteiger partial charge in [0.05, 0.1) is 22.1 Å². The van der Waals surface area contributed by atoms with Crippen molar-refractivity contribution in [2.75, 3.05) is 5.73 Å². The number of nitrogens with zero attached hydrogens (tertiary/aromatic N) is 1. The molecule has 0 atom stereocenters. The van der Waals surface area contributed by atoms with Crippen molar-refractivity contribution in [3.63, 3.8) is 0 Å². The summed E-state index contributed by atoms with van der Waals surface area (Å²) in [5, 5.41) is 0.733. The van der Waals surface area contributed by atoms with E-state index in [4.69, 9.17) is 28.9 Å². The van der Waals surface area contributed by atoms with Gasteiger partial charge in [-0.3, -0.25) is 0 Å². The predicted octanol–water partition coefficient (Wildman–Crippen LogP) is 5.37. The molecule has 0 fully saturated rings. The number of anilines is 1. The van der Waals surface area contributed by atoms with Crippen LogP contribution < -0.4 is 5.73 Å². The quantitative estimate of drug-likeness (QED) is 0.824. The lowest BCUT2D eigenvalue weighted by Gasteiger charge is -2.12. The molecule has 0 amide bonds. The number of halogens is 3. The Kier molecular flexibility index (Phi) is 4.55. The van der Waals surface area contributed by atoms with Crippen LogP contribution in [0.3, 0.4) is 0 Å². The highest BCUT2D eigenvalue weighted by atomic mass is 35.5. The van der Waals surface area contributed by atoms with E-state index in [1.165, 1.54) is 0 Å². The smallest absolute Gasteiger partial charge is 0.137 e. The molecule has 0 saturated carbocycles. The third-order valence-electron chi connectivity index (χ3n) is 3.21. The summed E-state index contributed by atoms with van der Waals surface area (Å²) in [6.07, 6.45) is 0.495. The molecule has 1 aromatic heterocycles. The lowest BCUT2D eigenvalue weighted by atomic mass is 10.0. The summed E-state index contributed by atoms with van der Waals surface area (Å²) in [4.78, 5) is 4.37. The van der Waals surface area contributed by atoms with E-state index >= 15 is 0 Å². The summed E-state index contributed by atoms with van der Waals surface area (Å²) in [5.74, 6) is -0.383. The number of allylic oxidation sites excluding steroid dienone is 1. The number of benzene rings is 1. The van der Waals surface area contributed by atoms with E-state index in [-0.39, 0.29) is 5.82 Å². The first-order valence-electron chi connectivity index (χ1n) is 6.46. The van der Waals surface area contributed by atoms with Gasteiger partial charge in [-0.2, -0.15) is 0 Å². The Balaban J connectivity index is 2.71. The maximum atomic E-state index is 14.6. The van der Waals surface area contributed by atoms with Crippen LogP contribution in [0, 0.1) is 5.82 Å². The molecule has 0 spiro atoms. The first-order valence-corrected chi connectivity index (χ1v) is 7.21. The standard InChI is InChI=1S/C16H15Cl2FN2/c1-4-9-11(17)6-5-10(15(9)19)13-7-12(20)14(18)16(21-13)8(2)3/h5-7H,2,4H2,1,3H3,(H2,20,21). The number of hydrogen-bond acceptors (Lipinski definition) is 2. The second-order valence-corrected chi connectivity index (χ2v) is 5.57. The monoisotopic (exact) mass is 324 g/mol. The molecule has 0 saturated heterocycles. The fourth-order valence-electron chi connectivity index (χ4n) is 2.09. The summed E-state index contributed by atoms with van der Waals surface area (Å²) >= 11 is 12.1. The van der Waals surface area contributed by atoms with Gasteiger partial charge in [0.15, 0.2) is 0 Å². The molecule has 1 heterocycles. The molecule has 0 aliphatic carbocycles. The van der Waals surface area contributed by atoms with Crippen LogP contribution in [0.1, 0.15) is 25.1 Å². The maximum absolute atomic E-state index is 14.6. The van der Waals surface area contributed by atoms with Crippen molar-refractivity contribution in [1.29, 1.82) is 0 Å². The Hall–Kier alpha value is -1.58. The molecule has 0 aliphatic heterocycles. The molecule has 2 N–H and O–H groups in total. The number of rotatable bonds is 3. The number of nitrogen functional groups attached to an aromatic ring is 1. The van der Waals surface area contributed by atoms with Gasteiger partial charge >= 0.3 is 0 Å². The SMILES string of the molecule is C=C(C)c1nc(-c2ccc(Cl)c(CC)c2F)cc(N)c1Cl. The highest BCUT2D eigenvalue weighted by Crippen LogP contribution is 2.34. The Bertz CT molecular complexity index is 727. The van der Waals surface area contributed by atoms with Crippen molar-refractivity contribution in [2.45, 2.75) is 20.3 Å². The molecule has 0 bridgehead atoms. The molecular weight excluding hydrogens is 310 g/mol. The molecule has 0 unspecified atom stereocenters. The Morgan fingerprint density at radius 3 is 2.62 bits per heavy atom. The zero-order valence-corrected chi connectivity index (χ0v) is 13.3. The van der Waals surface area contributed by atoms with Crippen LogP contribution in [-0.4, -0.2) is 4.98 Å². The molecule has 110 valence electrons. The lowest BCUT2D eigenvalue weighted by molar-refractivity contribution is 0.615. The van der Waals surface area contributed by atoms with E-state index in [0.717, 1.165) is 0 Å². The Morgan fingerprint density at radius 1 is 1.38 bits per heavy atom. The van der Waals surface area contributed by atoms with Crippen LogP contribution in [0.25, 0.3) is 16.8 Å². The second-order valence-electron chi connectivity index (χ2n) is 4.78. The van der Waals surface area contributed by atoms with Crippen molar-refractivity contribution in [2.24, 2.45) is 0 Å². The minimum atomic E-state index is -0.383. The van der Waals surface area contributed by atoms with Gasteiger partial charge in [0.1, 0.15) is 5.82 Å². The van der Waals surface area contributed by atoms with E-state index in [9.17, 15) is 4.39 Å². The third kappa shape index (κ3) is 2.89. The topological polar surface area (TPSA) is 38.9 Å². The summed E-state index contributed by atoms with van der Waals surface area (Å²) in [6, 6.07) is 4.81. The summed E-state index contributed by atoms with van der Waals surface area (Å²) < 4.78 is 14.6. The lowest BCUT2D eigenvalue weighted by Crippen LogP contribution is -2.00. The molecule has 5 heteroatoms. The average Bonchev–Trinajstić information content (AvgIpc) is 2.42. The van der Waals surface area contributed by atoms with E-state index in [2.05, 4.69) is 11.6 Å². The minimum Gasteiger partial charge on any atom is -0.397 e. The maximum Gasteiger partial charge on any atom is 0.137 e. The van der Waals surface area contributed by atoms with Crippen molar-refractivity contribution in [3.8, 4) is 11.3 Å². The zero-order chi connectivity index (χ0) is 15.7. The fourth-order valence-corrected chi connectivity index (χ4v) is 2.63. The molecule has 2 nitrogen and oxygen atoms in total. The minimum absolute atomic E-state index is 0.330. The van der Waals surface area contributed by atoms with Crippen molar-refractivity contribution in [1.82, 2.24) is 4.98 Å². The van der Waals surface area contributed by atoms with Crippen molar-refractivity contribution < 1.29 is 4.39 Å². The predicted molar refractivity (Wildman–Crippen MR) is 88.1 cm³/mol. The Labute approximate surface area is 133 Å². The molecule has 2 aromatic rings. The summed E-state index contributed by atoms with van der Waals surface area (Å²) in [5.41, 5.74) is 8.59. The first-order chi connectivity index (χ1) is 9.86. The van der Waals surface area contributed by atoms with Gasteiger partial charge in [-0.15, -0.1) is 0 Å². The van der Waals surface area contributed by atoms with E-state index in [0.29, 0.717) is 50.2 Å². The fraction of sp³-hybridized carbons (Fsp3) is 0.188. The van der Waals surface area contributed by atoms with E-state index in [1.807, 2.05) is 6.92 Å². The van der Waals surface area contributed by atoms with Gasteiger partial charge in [-0.1, -0.05) is 36.7 Å². The van der Waals surface area contributed by atoms with Crippen LogP contribution in [0.2, 0.25) is 10.0 Å². The second kappa shape index (κ2) is 6.04. The Morgan fingerprint density at radius 2 is 2.05 bits per heavy atom. The van der Waals surface area contributed by atoms with E-state index in [1.54, 1.807) is 25.1 Å². The van der Waals surface area contributed by atoms with Gasteiger partial charge in [0.2, 0.25) is 0 Å². The van der Waals surface area contributed by atoms with Gasteiger partial charge < -0.3 is 5.73 Å². The molecule has 0 aliphatic rings. The molecule has 2 rings (SSSR count). The van der Waals surface area contributed by atoms with Gasteiger partial charge in [-0.05, 0) is 37.1 Å². The van der Waals surface area contributed by atoms with Crippen LogP contribution in [0.5, 0.6) is 0 Å². The third-order valence-corrected chi connectivity index (χ3v) is 3.96. The average molecular weight is 325 g/mol. The zero-order valence-electron chi connectivity index (χ0n) is 11.8. The van der Waals surface area contributed by atoms with Crippen molar-refractivity contribution in [3.05, 3.63) is 51.9 Å². The number of aromatic nitrogens is 1. The van der Waals surface area contributed by atoms with Crippen molar-refractivity contribution >= 4 is 34.5 Å². The van der Waals surface area contributed by atoms with Gasteiger partial charge in [0.25, 0.3) is 0 Å². The highest BCUT2D eigenvalue weighted by molar-refractivity contribution is 6.34. The normalized spacial score (nSPS) is 10.7. The van der Waals surface area contributed by atoms with Crippen LogP contribution in [-0.2, 0) is 6.42 Å². The number of hydrogen-bond donors (Lipinski definition) is 1. The van der Waals surface area contributed by atoms with E-state index < -0.39 is 0 Å². The largest absolute Gasteiger partial charge is 0.397 e. The van der Waals surface area contributed by atoms with Gasteiger partial charge in [0, 0.05) is 16.1 Å². The number of nitrogens with two attached hydrogens (primary N) is 1. The molecule has 0 radical (unpaired) electrons. The summed E-state index contributed by atoms with van der Waals surface area (Å²) in [7, 11) is 0. The highest BCUT2D eigenvalue weighted by Gasteiger charge is 2.16. The van der Waals surface area contributed by atoms with Crippen LogP contribution >= 0.6 is 23.2 Å². The number of pyridine rings is 1. The summed E-state index contributed by atoms with van der Waals surface area (Å²) in [6.45, 7) is 7.43. The molecular formula is C16H15Cl2FN2. The first kappa shape index (κ1) is 15.8. The molecule has 1 aromatic carbocycles. The van der Waals surface area contributed by atoms with Crippen LogP contribution in [0.15, 0.2) is 24.8 Å². The van der Waals surface area contributed by atoms with Crippen LogP contribution in [0.4, 0.5) is 10.1 Å².